The molecule has 1 N–H and O–H groups in total. The molecule has 0 amide bonds. The molecule has 1 heterocycles. The summed E-state index contributed by atoms with van der Waals surface area (Å²) in [5.41, 5.74) is 1.07. The number of fused-ring (bicyclic) bond motifs is 2. The van der Waals surface area contributed by atoms with E-state index in [-0.39, 0.29) is 0 Å². The van der Waals surface area contributed by atoms with E-state index in [1.807, 2.05) is 0 Å². The lowest BCUT2D eigenvalue weighted by molar-refractivity contribution is 0.0818. The lowest BCUT2D eigenvalue weighted by Gasteiger charge is -2.46. The Morgan fingerprint density at radius 3 is 2.29 bits per heavy atom. The first-order chi connectivity index (χ1) is 9.81. The molecule has 2 heteroatoms. The van der Waals surface area contributed by atoms with Crippen LogP contribution in [0.2, 0.25) is 0 Å². The van der Waals surface area contributed by atoms with Gasteiger partial charge in [0, 0.05) is 18.6 Å². The predicted molar refractivity (Wildman–Crippen MR) is 90.5 cm³/mol. The van der Waals surface area contributed by atoms with E-state index >= 15 is 0 Å². The maximum atomic E-state index is 4.13. The van der Waals surface area contributed by atoms with Crippen LogP contribution in [0, 0.1) is 22.7 Å². The second-order valence-electron chi connectivity index (χ2n) is 9.48. The fraction of sp³-hybridized carbons (Fsp3) is 1.00. The largest absolute Gasteiger partial charge is 0.310 e. The minimum absolute atomic E-state index is 0.502. The summed E-state index contributed by atoms with van der Waals surface area (Å²) in [6, 6.07) is 1.50. The quantitative estimate of drug-likeness (QED) is 0.845. The number of piperidine rings is 1. The first kappa shape index (κ1) is 15.8. The van der Waals surface area contributed by atoms with Crippen LogP contribution in [0.25, 0.3) is 0 Å². The molecule has 3 rings (SSSR count). The Hall–Kier alpha value is -0.0800. The molecule has 2 bridgehead atoms. The van der Waals surface area contributed by atoms with Crippen LogP contribution in [0.4, 0.5) is 0 Å². The third-order valence-corrected chi connectivity index (χ3v) is 6.88. The van der Waals surface area contributed by atoms with E-state index in [9.17, 15) is 0 Å². The van der Waals surface area contributed by atoms with Crippen molar-refractivity contribution in [1.82, 2.24) is 10.2 Å². The normalized spacial score (nSPS) is 40.3. The van der Waals surface area contributed by atoms with Crippen LogP contribution in [0.15, 0.2) is 0 Å². The van der Waals surface area contributed by atoms with Crippen molar-refractivity contribution in [2.45, 2.75) is 78.8 Å². The van der Waals surface area contributed by atoms with Crippen LogP contribution in [0.1, 0.15) is 66.7 Å². The molecular formula is C19H36N2. The molecule has 2 aliphatic carbocycles. The lowest BCUT2D eigenvalue weighted by Crippen LogP contribution is -2.56. The Morgan fingerprint density at radius 1 is 1.10 bits per heavy atom. The highest BCUT2D eigenvalue weighted by atomic mass is 15.1. The Morgan fingerprint density at radius 2 is 1.76 bits per heavy atom. The van der Waals surface area contributed by atoms with E-state index < -0.39 is 0 Å². The van der Waals surface area contributed by atoms with Crippen molar-refractivity contribution in [1.29, 1.82) is 0 Å². The molecular weight excluding hydrogens is 256 g/mol. The zero-order valence-corrected chi connectivity index (χ0v) is 14.9. The summed E-state index contributed by atoms with van der Waals surface area (Å²) in [5.74, 6) is 1.76. The monoisotopic (exact) mass is 292 g/mol. The molecule has 0 aromatic carbocycles. The number of rotatable bonds is 4. The van der Waals surface area contributed by atoms with Gasteiger partial charge < -0.3 is 10.2 Å². The summed E-state index contributed by atoms with van der Waals surface area (Å²) in [7, 11) is 0. The Labute approximate surface area is 132 Å². The van der Waals surface area contributed by atoms with Crippen LogP contribution in [-0.4, -0.2) is 36.6 Å². The molecule has 0 radical (unpaired) electrons. The molecule has 0 aromatic heterocycles. The molecule has 1 saturated heterocycles. The van der Waals surface area contributed by atoms with Gasteiger partial charge in [-0.2, -0.15) is 0 Å². The van der Waals surface area contributed by atoms with E-state index in [0.29, 0.717) is 10.8 Å². The van der Waals surface area contributed by atoms with Gasteiger partial charge >= 0.3 is 0 Å². The van der Waals surface area contributed by atoms with Crippen molar-refractivity contribution in [3.8, 4) is 0 Å². The topological polar surface area (TPSA) is 15.3 Å². The lowest BCUT2D eigenvalue weighted by atomic mass is 9.68. The van der Waals surface area contributed by atoms with E-state index in [1.165, 1.54) is 51.7 Å². The predicted octanol–water partition coefficient (Wildman–Crippen LogP) is 3.91. The zero-order chi connectivity index (χ0) is 15.3. The number of nitrogens with one attached hydrogen (secondary N) is 1. The molecule has 3 atom stereocenters. The maximum absolute atomic E-state index is 4.13. The third-order valence-electron chi connectivity index (χ3n) is 6.88. The van der Waals surface area contributed by atoms with Gasteiger partial charge in [0.25, 0.3) is 0 Å². The second kappa shape index (κ2) is 5.53. The average Bonchev–Trinajstić information content (AvgIpc) is 2.87. The molecule has 3 unspecified atom stereocenters. The molecule has 2 nitrogen and oxygen atoms in total. The number of likely N-dealkylation sites (tertiary alicyclic amines) is 1. The fourth-order valence-corrected chi connectivity index (χ4v) is 5.75. The van der Waals surface area contributed by atoms with Crippen molar-refractivity contribution >= 4 is 0 Å². The van der Waals surface area contributed by atoms with Crippen LogP contribution >= 0.6 is 0 Å². The van der Waals surface area contributed by atoms with Crippen LogP contribution < -0.4 is 5.32 Å². The third kappa shape index (κ3) is 2.91. The standard InChI is InChI=1S/C19H36N2/c1-14(2)13-21-10-7-16(8-11-21)20-17-18(3,4)15-6-9-19(17,5)12-15/h14-17,20H,6-13H2,1-5H3. The first-order valence-electron chi connectivity index (χ1n) is 9.30. The molecule has 1 aliphatic heterocycles. The Balaban J connectivity index is 1.56. The summed E-state index contributed by atoms with van der Waals surface area (Å²) in [4.78, 5) is 2.66. The fourth-order valence-electron chi connectivity index (χ4n) is 5.75. The summed E-state index contributed by atoms with van der Waals surface area (Å²) < 4.78 is 0. The SMILES string of the molecule is CC(C)CN1CCC(NC2C3(C)CCC(C3)C2(C)C)CC1. The van der Waals surface area contributed by atoms with Gasteiger partial charge in [0.2, 0.25) is 0 Å². The van der Waals surface area contributed by atoms with Gasteiger partial charge in [0.05, 0.1) is 0 Å². The Bertz CT molecular complexity index is 363. The minimum atomic E-state index is 0.502. The van der Waals surface area contributed by atoms with Crippen molar-refractivity contribution in [3.05, 3.63) is 0 Å². The zero-order valence-electron chi connectivity index (χ0n) is 14.9. The molecule has 0 spiro atoms. The number of hydrogen-bond acceptors (Lipinski definition) is 2. The van der Waals surface area contributed by atoms with Gasteiger partial charge in [-0.1, -0.05) is 34.6 Å². The summed E-state index contributed by atoms with van der Waals surface area (Å²) in [5, 5.41) is 4.13. The summed E-state index contributed by atoms with van der Waals surface area (Å²) in [6.07, 6.45) is 7.07. The average molecular weight is 293 g/mol. The van der Waals surface area contributed by atoms with Gasteiger partial charge in [0.1, 0.15) is 0 Å². The smallest absolute Gasteiger partial charge is 0.0177 e. The summed E-state index contributed by atoms with van der Waals surface area (Å²) >= 11 is 0. The maximum Gasteiger partial charge on any atom is 0.0177 e. The van der Waals surface area contributed by atoms with Gasteiger partial charge in [-0.05, 0) is 67.9 Å². The van der Waals surface area contributed by atoms with Crippen LogP contribution in [0.3, 0.4) is 0 Å². The van der Waals surface area contributed by atoms with E-state index in [4.69, 9.17) is 0 Å². The highest BCUT2D eigenvalue weighted by Crippen LogP contribution is 2.62. The van der Waals surface area contributed by atoms with Gasteiger partial charge in [0.15, 0.2) is 0 Å². The number of nitrogens with zero attached hydrogens (tertiary/aromatic N) is 1. The van der Waals surface area contributed by atoms with Crippen molar-refractivity contribution in [2.24, 2.45) is 22.7 Å². The van der Waals surface area contributed by atoms with Crippen LogP contribution in [-0.2, 0) is 0 Å². The molecule has 0 aromatic rings. The minimum Gasteiger partial charge on any atom is -0.310 e. The van der Waals surface area contributed by atoms with Crippen molar-refractivity contribution in [3.63, 3.8) is 0 Å². The molecule has 2 saturated carbocycles. The van der Waals surface area contributed by atoms with Gasteiger partial charge in [-0.15, -0.1) is 0 Å². The highest BCUT2D eigenvalue weighted by Gasteiger charge is 2.59. The van der Waals surface area contributed by atoms with Gasteiger partial charge in [-0.25, -0.2) is 0 Å². The highest BCUT2D eigenvalue weighted by molar-refractivity contribution is 5.12. The van der Waals surface area contributed by atoms with Gasteiger partial charge in [-0.3, -0.25) is 0 Å². The molecule has 3 aliphatic rings. The second-order valence-corrected chi connectivity index (χ2v) is 9.48. The first-order valence-corrected chi connectivity index (χ1v) is 9.30. The van der Waals surface area contributed by atoms with Crippen molar-refractivity contribution in [2.75, 3.05) is 19.6 Å². The number of hydrogen-bond donors (Lipinski definition) is 1. The van der Waals surface area contributed by atoms with E-state index in [0.717, 1.165) is 23.9 Å². The summed E-state index contributed by atoms with van der Waals surface area (Å²) in [6.45, 7) is 16.1. The molecule has 21 heavy (non-hydrogen) atoms. The van der Waals surface area contributed by atoms with E-state index in [1.54, 1.807) is 0 Å². The van der Waals surface area contributed by atoms with Crippen molar-refractivity contribution < 1.29 is 0 Å². The molecule has 3 fully saturated rings. The Kier molecular flexibility index (Phi) is 4.16. The van der Waals surface area contributed by atoms with E-state index in [2.05, 4.69) is 44.8 Å². The van der Waals surface area contributed by atoms with Crippen LogP contribution in [0.5, 0.6) is 0 Å². The molecule has 122 valence electrons.